The van der Waals surface area contributed by atoms with Gasteiger partial charge in [-0.1, -0.05) is 18.3 Å². The first-order chi connectivity index (χ1) is 9.45. The number of thiazole rings is 1. The lowest BCUT2D eigenvalue weighted by atomic mass is 10.3. The van der Waals surface area contributed by atoms with Crippen LogP contribution in [0.2, 0.25) is 0 Å². The van der Waals surface area contributed by atoms with E-state index in [2.05, 4.69) is 15.6 Å². The Morgan fingerprint density at radius 2 is 2.05 bits per heavy atom. The van der Waals surface area contributed by atoms with Crippen LogP contribution in [0.1, 0.15) is 29.4 Å². The van der Waals surface area contributed by atoms with Gasteiger partial charge in [-0.3, -0.25) is 9.59 Å². The topological polar surface area (TPSA) is 100 Å². The van der Waals surface area contributed by atoms with Gasteiger partial charge in [0.15, 0.2) is 5.13 Å². The predicted octanol–water partition coefficient (Wildman–Crippen LogP) is 0.755. The summed E-state index contributed by atoms with van der Waals surface area (Å²) < 4.78 is 0. The third-order valence-corrected chi connectivity index (χ3v) is 3.54. The summed E-state index contributed by atoms with van der Waals surface area (Å²) in [5.74, 6) is -0.117. The molecule has 0 atom stereocenters. The number of nitrogen functional groups attached to an aromatic ring is 1. The van der Waals surface area contributed by atoms with Crippen molar-refractivity contribution in [2.45, 2.75) is 19.8 Å². The zero-order valence-electron chi connectivity index (χ0n) is 12.0. The molecule has 0 saturated carbocycles. The maximum atomic E-state index is 11.9. The quantitative estimate of drug-likeness (QED) is 0.690. The smallest absolute Gasteiger partial charge is 0.265 e. The molecule has 0 bridgehead atoms. The van der Waals surface area contributed by atoms with E-state index < -0.39 is 0 Å². The zero-order valence-corrected chi connectivity index (χ0v) is 12.8. The molecule has 0 aliphatic rings. The van der Waals surface area contributed by atoms with Gasteiger partial charge in [0.25, 0.3) is 5.91 Å². The molecule has 0 radical (unpaired) electrons. The second-order valence-electron chi connectivity index (χ2n) is 4.45. The predicted molar refractivity (Wildman–Crippen MR) is 81.0 cm³/mol. The first-order valence-electron chi connectivity index (χ1n) is 6.44. The number of nitrogens with two attached hydrogens (primary N) is 1. The fourth-order valence-electron chi connectivity index (χ4n) is 1.39. The largest absolute Gasteiger partial charge is 0.382 e. The molecule has 0 fully saturated rings. The highest BCUT2D eigenvalue weighted by Crippen LogP contribution is 2.24. The van der Waals surface area contributed by atoms with E-state index in [1.165, 1.54) is 16.2 Å². The number of anilines is 2. The van der Waals surface area contributed by atoms with Crippen LogP contribution in [0.25, 0.3) is 0 Å². The number of amides is 2. The van der Waals surface area contributed by atoms with Gasteiger partial charge >= 0.3 is 0 Å². The number of hydrogen-bond donors (Lipinski definition) is 3. The highest BCUT2D eigenvalue weighted by Gasteiger charge is 2.16. The minimum absolute atomic E-state index is 0.0344. The molecule has 1 aromatic heterocycles. The molecule has 0 saturated heterocycles. The Morgan fingerprint density at radius 3 is 2.65 bits per heavy atom. The molecule has 112 valence electrons. The second-order valence-corrected chi connectivity index (χ2v) is 5.45. The zero-order chi connectivity index (χ0) is 15.1. The van der Waals surface area contributed by atoms with Crippen molar-refractivity contribution < 1.29 is 9.59 Å². The fraction of sp³-hybridized carbons (Fsp3) is 0.583. The van der Waals surface area contributed by atoms with E-state index >= 15 is 0 Å². The highest BCUT2D eigenvalue weighted by molar-refractivity contribution is 7.18. The molecule has 7 nitrogen and oxygen atoms in total. The van der Waals surface area contributed by atoms with Gasteiger partial charge in [-0.05, 0) is 6.42 Å². The summed E-state index contributed by atoms with van der Waals surface area (Å²) in [4.78, 5) is 29.3. The van der Waals surface area contributed by atoms with E-state index in [1.807, 2.05) is 6.92 Å². The second kappa shape index (κ2) is 7.68. The van der Waals surface area contributed by atoms with Crippen molar-refractivity contribution in [1.82, 2.24) is 15.2 Å². The third kappa shape index (κ3) is 4.69. The number of hydrogen-bond acceptors (Lipinski definition) is 6. The fourth-order valence-corrected chi connectivity index (χ4v) is 2.22. The molecular formula is C12H21N5O2S. The summed E-state index contributed by atoms with van der Waals surface area (Å²) in [6.45, 7) is 3.11. The van der Waals surface area contributed by atoms with E-state index in [9.17, 15) is 9.59 Å². The Balaban J connectivity index is 2.51. The van der Waals surface area contributed by atoms with E-state index in [-0.39, 0.29) is 30.6 Å². The molecule has 0 unspecified atom stereocenters. The van der Waals surface area contributed by atoms with E-state index in [4.69, 9.17) is 5.73 Å². The van der Waals surface area contributed by atoms with Crippen LogP contribution in [-0.4, -0.2) is 48.9 Å². The van der Waals surface area contributed by atoms with Gasteiger partial charge in [-0.2, -0.15) is 0 Å². The monoisotopic (exact) mass is 299 g/mol. The summed E-state index contributed by atoms with van der Waals surface area (Å²) >= 11 is 1.22. The maximum absolute atomic E-state index is 11.9. The van der Waals surface area contributed by atoms with Crippen LogP contribution in [-0.2, 0) is 4.79 Å². The molecule has 0 aliphatic heterocycles. The van der Waals surface area contributed by atoms with Crippen molar-refractivity contribution in [3.05, 3.63) is 4.88 Å². The van der Waals surface area contributed by atoms with Crippen molar-refractivity contribution in [1.29, 1.82) is 0 Å². The minimum atomic E-state index is -0.295. The number of carbonyl (C=O) groups is 2. The van der Waals surface area contributed by atoms with Crippen molar-refractivity contribution in [2.75, 3.05) is 38.2 Å². The van der Waals surface area contributed by atoms with Gasteiger partial charge in [-0.15, -0.1) is 0 Å². The summed E-state index contributed by atoms with van der Waals surface area (Å²) in [5, 5.41) is 6.40. The van der Waals surface area contributed by atoms with Crippen LogP contribution < -0.4 is 16.4 Å². The molecule has 1 aromatic rings. The Hall–Kier alpha value is -1.83. The number of nitrogens with one attached hydrogen (secondary N) is 2. The lowest BCUT2D eigenvalue weighted by molar-refractivity contribution is -0.128. The molecule has 0 aliphatic carbocycles. The number of carbonyl (C=O) groups excluding carboxylic acids is 2. The van der Waals surface area contributed by atoms with Crippen molar-refractivity contribution in [3.8, 4) is 0 Å². The standard InChI is InChI=1S/C12H21N5O2S/c1-4-6-15-12-16-10(13)9(20-12)11(19)14-7-5-8(18)17(2)3/h4-7,13H2,1-3H3,(H,14,19)(H,15,16). The molecule has 1 rings (SSSR count). The van der Waals surface area contributed by atoms with E-state index in [0.717, 1.165) is 13.0 Å². The van der Waals surface area contributed by atoms with E-state index in [0.29, 0.717) is 10.0 Å². The third-order valence-electron chi connectivity index (χ3n) is 2.51. The van der Waals surface area contributed by atoms with Gasteiger partial charge in [0.2, 0.25) is 5.91 Å². The Kier molecular flexibility index (Phi) is 6.23. The Bertz CT molecular complexity index is 472. The average Bonchev–Trinajstić information content (AvgIpc) is 2.77. The number of nitrogens with zero attached hydrogens (tertiary/aromatic N) is 2. The summed E-state index contributed by atoms with van der Waals surface area (Å²) in [5.41, 5.74) is 5.72. The summed E-state index contributed by atoms with van der Waals surface area (Å²) in [6.07, 6.45) is 1.23. The molecule has 4 N–H and O–H groups in total. The Labute approximate surface area is 122 Å². The SMILES string of the molecule is CCCNc1nc(N)c(C(=O)NCCC(=O)N(C)C)s1. The molecule has 0 spiro atoms. The van der Waals surface area contributed by atoms with Gasteiger partial charge in [-0.25, -0.2) is 4.98 Å². The minimum Gasteiger partial charge on any atom is -0.382 e. The van der Waals surface area contributed by atoms with Crippen LogP contribution >= 0.6 is 11.3 Å². The normalized spacial score (nSPS) is 10.2. The first kappa shape index (κ1) is 16.2. The first-order valence-corrected chi connectivity index (χ1v) is 7.25. The lowest BCUT2D eigenvalue weighted by Gasteiger charge is -2.10. The molecule has 2 amide bonds. The molecule has 20 heavy (non-hydrogen) atoms. The van der Waals surface area contributed by atoms with Crippen molar-refractivity contribution in [2.24, 2.45) is 0 Å². The van der Waals surface area contributed by atoms with Crippen LogP contribution in [0, 0.1) is 0 Å². The molecule has 8 heteroatoms. The van der Waals surface area contributed by atoms with Crippen LogP contribution in [0.15, 0.2) is 0 Å². The molecule has 1 heterocycles. The Morgan fingerprint density at radius 1 is 1.35 bits per heavy atom. The van der Waals surface area contributed by atoms with Gasteiger partial charge in [0, 0.05) is 33.6 Å². The number of rotatable bonds is 7. The van der Waals surface area contributed by atoms with Crippen LogP contribution in [0.3, 0.4) is 0 Å². The van der Waals surface area contributed by atoms with Crippen LogP contribution in [0.4, 0.5) is 10.9 Å². The van der Waals surface area contributed by atoms with Gasteiger partial charge in [0.1, 0.15) is 10.7 Å². The van der Waals surface area contributed by atoms with Crippen LogP contribution in [0.5, 0.6) is 0 Å². The highest BCUT2D eigenvalue weighted by atomic mass is 32.1. The average molecular weight is 299 g/mol. The lowest BCUT2D eigenvalue weighted by Crippen LogP contribution is -2.30. The van der Waals surface area contributed by atoms with E-state index in [1.54, 1.807) is 14.1 Å². The molecule has 0 aromatic carbocycles. The summed E-state index contributed by atoms with van der Waals surface area (Å²) in [6, 6.07) is 0. The van der Waals surface area contributed by atoms with Crippen molar-refractivity contribution in [3.63, 3.8) is 0 Å². The summed E-state index contributed by atoms with van der Waals surface area (Å²) in [7, 11) is 3.36. The maximum Gasteiger partial charge on any atom is 0.265 e. The van der Waals surface area contributed by atoms with Crippen molar-refractivity contribution >= 4 is 34.1 Å². The van der Waals surface area contributed by atoms with Gasteiger partial charge in [0.05, 0.1) is 0 Å². The van der Waals surface area contributed by atoms with Gasteiger partial charge < -0.3 is 21.3 Å². The number of aromatic nitrogens is 1. The molecular weight excluding hydrogens is 278 g/mol.